The molecule has 1 saturated carbocycles. The van der Waals surface area contributed by atoms with Crippen molar-refractivity contribution in [3.63, 3.8) is 0 Å². The van der Waals surface area contributed by atoms with Gasteiger partial charge < -0.3 is 24.6 Å². The van der Waals surface area contributed by atoms with Gasteiger partial charge >= 0.3 is 6.03 Å². The van der Waals surface area contributed by atoms with Crippen LogP contribution in [0.4, 0.5) is 10.5 Å². The average Bonchev–Trinajstić information content (AvgIpc) is 3.35. The Hall–Kier alpha value is -3.55. The van der Waals surface area contributed by atoms with E-state index in [0.29, 0.717) is 29.7 Å². The number of amides is 2. The molecule has 2 N–H and O–H groups in total. The lowest BCUT2D eigenvalue weighted by molar-refractivity contribution is 0.174. The van der Waals surface area contributed by atoms with Gasteiger partial charge in [0, 0.05) is 23.7 Å². The minimum Gasteiger partial charge on any atom is -0.454 e. The van der Waals surface area contributed by atoms with Crippen LogP contribution in [0.2, 0.25) is 0 Å². The van der Waals surface area contributed by atoms with E-state index in [0.717, 1.165) is 35.6 Å². The van der Waals surface area contributed by atoms with Gasteiger partial charge in [-0.3, -0.25) is 0 Å². The first kappa shape index (κ1) is 17.5. The van der Waals surface area contributed by atoms with Gasteiger partial charge in [-0.25, -0.2) is 4.79 Å². The zero-order valence-corrected chi connectivity index (χ0v) is 15.7. The first-order chi connectivity index (χ1) is 14.2. The Morgan fingerprint density at radius 2 is 1.90 bits per heavy atom. The van der Waals surface area contributed by atoms with E-state index < -0.39 is 0 Å². The van der Waals surface area contributed by atoms with Crippen molar-refractivity contribution in [3.8, 4) is 22.9 Å². The highest BCUT2D eigenvalue weighted by molar-refractivity contribution is 5.89. The molecule has 2 heterocycles. The molecule has 1 aliphatic heterocycles. The fourth-order valence-corrected chi connectivity index (χ4v) is 3.28. The fraction of sp³-hybridized carbons (Fsp3) is 0.286. The quantitative estimate of drug-likeness (QED) is 0.680. The molecule has 2 aliphatic rings. The molecule has 0 saturated heterocycles. The molecule has 2 amide bonds. The van der Waals surface area contributed by atoms with Gasteiger partial charge in [-0.15, -0.1) is 0 Å². The molecule has 0 atom stereocenters. The van der Waals surface area contributed by atoms with Crippen molar-refractivity contribution >= 4 is 11.7 Å². The number of rotatable bonds is 5. The summed E-state index contributed by atoms with van der Waals surface area (Å²) in [4.78, 5) is 16.7. The Morgan fingerprint density at radius 3 is 2.69 bits per heavy atom. The molecule has 2 aromatic carbocycles. The largest absolute Gasteiger partial charge is 0.454 e. The molecule has 0 radical (unpaired) electrons. The van der Waals surface area contributed by atoms with Crippen LogP contribution in [0.15, 0.2) is 47.0 Å². The highest BCUT2D eigenvalue weighted by Crippen LogP contribution is 2.36. The minimum atomic E-state index is -0.290. The van der Waals surface area contributed by atoms with Crippen LogP contribution in [0.1, 0.15) is 36.6 Å². The molecule has 1 fully saturated rings. The number of carbonyl (C=O) groups excluding carboxylic acids is 1. The third kappa shape index (κ3) is 3.73. The SMILES string of the molecule is O=C(NCc1ccc2c(c1)OCO2)Nc1ccc(-c2noc(C3CCC3)n2)cc1. The number of hydrogen-bond donors (Lipinski definition) is 2. The van der Waals surface area contributed by atoms with Gasteiger partial charge in [0.25, 0.3) is 0 Å². The van der Waals surface area contributed by atoms with Crippen LogP contribution in [-0.4, -0.2) is 23.0 Å². The average molecular weight is 392 g/mol. The van der Waals surface area contributed by atoms with Gasteiger partial charge in [-0.1, -0.05) is 17.6 Å². The van der Waals surface area contributed by atoms with Crippen LogP contribution >= 0.6 is 0 Å². The monoisotopic (exact) mass is 392 g/mol. The summed E-state index contributed by atoms with van der Waals surface area (Å²) in [5, 5.41) is 9.70. The van der Waals surface area contributed by atoms with Crippen molar-refractivity contribution in [2.75, 3.05) is 12.1 Å². The number of aromatic nitrogens is 2. The van der Waals surface area contributed by atoms with E-state index in [-0.39, 0.29) is 12.8 Å². The van der Waals surface area contributed by atoms with Crippen molar-refractivity contribution < 1.29 is 18.8 Å². The Balaban J connectivity index is 1.16. The van der Waals surface area contributed by atoms with Crippen molar-refractivity contribution in [2.45, 2.75) is 31.7 Å². The standard InChI is InChI=1S/C21H20N4O4/c26-21(22-11-13-4-9-17-18(10-13)28-12-27-17)23-16-7-5-14(6-8-16)19-24-20(29-25-19)15-2-1-3-15/h4-10,15H,1-3,11-12H2,(H2,22,23,26). The van der Waals surface area contributed by atoms with Gasteiger partial charge in [-0.2, -0.15) is 4.98 Å². The lowest BCUT2D eigenvalue weighted by atomic mass is 9.85. The molecule has 29 heavy (non-hydrogen) atoms. The summed E-state index contributed by atoms with van der Waals surface area (Å²) in [6, 6.07) is 12.7. The number of ether oxygens (including phenoxy) is 2. The number of fused-ring (bicyclic) bond motifs is 1. The van der Waals surface area contributed by atoms with Crippen LogP contribution in [0.5, 0.6) is 11.5 Å². The summed E-state index contributed by atoms with van der Waals surface area (Å²) in [6.07, 6.45) is 3.46. The van der Waals surface area contributed by atoms with E-state index in [1.807, 2.05) is 42.5 Å². The lowest BCUT2D eigenvalue weighted by Crippen LogP contribution is -2.28. The second-order valence-electron chi connectivity index (χ2n) is 7.16. The first-order valence-electron chi connectivity index (χ1n) is 9.62. The summed E-state index contributed by atoms with van der Waals surface area (Å²) >= 11 is 0. The predicted molar refractivity (Wildman–Crippen MR) is 105 cm³/mol. The predicted octanol–water partition coefficient (Wildman–Crippen LogP) is 4.05. The topological polar surface area (TPSA) is 98.5 Å². The normalized spacial score (nSPS) is 15.0. The van der Waals surface area contributed by atoms with Crippen molar-refractivity contribution in [3.05, 3.63) is 53.9 Å². The van der Waals surface area contributed by atoms with Crippen molar-refractivity contribution in [2.24, 2.45) is 0 Å². The van der Waals surface area contributed by atoms with E-state index in [1.165, 1.54) is 6.42 Å². The lowest BCUT2D eigenvalue weighted by Gasteiger charge is -2.20. The second-order valence-corrected chi connectivity index (χ2v) is 7.16. The number of urea groups is 1. The van der Waals surface area contributed by atoms with Crippen molar-refractivity contribution in [1.82, 2.24) is 15.5 Å². The number of nitrogens with zero attached hydrogens (tertiary/aromatic N) is 2. The Morgan fingerprint density at radius 1 is 1.07 bits per heavy atom. The summed E-state index contributed by atoms with van der Waals surface area (Å²) in [7, 11) is 0. The van der Waals surface area contributed by atoms with Crippen molar-refractivity contribution in [1.29, 1.82) is 0 Å². The first-order valence-corrected chi connectivity index (χ1v) is 9.62. The van der Waals surface area contributed by atoms with Gasteiger partial charge in [0.05, 0.1) is 0 Å². The van der Waals surface area contributed by atoms with Gasteiger partial charge in [-0.05, 0) is 54.8 Å². The fourth-order valence-electron chi connectivity index (χ4n) is 3.28. The van der Waals surface area contributed by atoms with Crippen LogP contribution < -0.4 is 20.1 Å². The number of carbonyl (C=O) groups is 1. The summed E-state index contributed by atoms with van der Waals surface area (Å²) < 4.78 is 16.0. The van der Waals surface area contributed by atoms with Gasteiger partial charge in [0.15, 0.2) is 11.5 Å². The third-order valence-corrected chi connectivity index (χ3v) is 5.19. The molecule has 1 aromatic heterocycles. The number of anilines is 1. The Bertz CT molecular complexity index is 1030. The van der Waals surface area contributed by atoms with Crippen LogP contribution in [0.25, 0.3) is 11.4 Å². The number of hydrogen-bond acceptors (Lipinski definition) is 6. The van der Waals surface area contributed by atoms with E-state index in [2.05, 4.69) is 20.8 Å². The zero-order valence-electron chi connectivity index (χ0n) is 15.7. The van der Waals surface area contributed by atoms with E-state index >= 15 is 0 Å². The summed E-state index contributed by atoms with van der Waals surface area (Å²) in [5.41, 5.74) is 2.46. The molecule has 3 aromatic rings. The summed E-state index contributed by atoms with van der Waals surface area (Å²) in [5.74, 6) is 3.12. The molecule has 5 rings (SSSR count). The molecular weight excluding hydrogens is 372 g/mol. The molecule has 8 heteroatoms. The van der Waals surface area contributed by atoms with Crippen LogP contribution in [-0.2, 0) is 6.54 Å². The maximum absolute atomic E-state index is 12.2. The molecule has 1 aliphatic carbocycles. The number of nitrogens with one attached hydrogen (secondary N) is 2. The van der Waals surface area contributed by atoms with Crippen LogP contribution in [0, 0.1) is 0 Å². The smallest absolute Gasteiger partial charge is 0.319 e. The Kier molecular flexibility index (Phi) is 4.51. The maximum Gasteiger partial charge on any atom is 0.319 e. The molecule has 0 bridgehead atoms. The molecule has 0 unspecified atom stereocenters. The highest BCUT2D eigenvalue weighted by atomic mass is 16.7. The van der Waals surface area contributed by atoms with E-state index in [1.54, 1.807) is 0 Å². The second kappa shape index (κ2) is 7.46. The van der Waals surface area contributed by atoms with E-state index in [9.17, 15) is 4.79 Å². The molecule has 0 spiro atoms. The third-order valence-electron chi connectivity index (χ3n) is 5.19. The zero-order chi connectivity index (χ0) is 19.6. The highest BCUT2D eigenvalue weighted by Gasteiger charge is 2.25. The molecule has 8 nitrogen and oxygen atoms in total. The van der Waals surface area contributed by atoms with Gasteiger partial charge in [0.2, 0.25) is 18.5 Å². The Labute approximate surface area is 167 Å². The maximum atomic E-state index is 12.2. The van der Waals surface area contributed by atoms with Crippen LogP contribution in [0.3, 0.4) is 0 Å². The summed E-state index contributed by atoms with van der Waals surface area (Å²) in [6.45, 7) is 0.613. The number of benzene rings is 2. The minimum absolute atomic E-state index is 0.231. The molecular formula is C21H20N4O4. The van der Waals surface area contributed by atoms with Gasteiger partial charge in [0.1, 0.15) is 0 Å². The molecule has 148 valence electrons. The van der Waals surface area contributed by atoms with E-state index in [4.69, 9.17) is 14.0 Å².